The Hall–Kier alpha value is -2.65. The first-order valence-corrected chi connectivity index (χ1v) is 10.6. The molecule has 0 radical (unpaired) electrons. The maximum Gasteiger partial charge on any atom is 0.435 e. The summed E-state index contributed by atoms with van der Waals surface area (Å²) in [4.78, 5) is 0.0292. The summed E-state index contributed by atoms with van der Waals surface area (Å²) >= 11 is 0. The third-order valence-electron chi connectivity index (χ3n) is 5.16. The van der Waals surface area contributed by atoms with Gasteiger partial charge in [-0.05, 0) is 54.7 Å². The molecule has 1 heterocycles. The van der Waals surface area contributed by atoms with Gasteiger partial charge >= 0.3 is 6.18 Å². The van der Waals surface area contributed by atoms with Crippen LogP contribution in [-0.2, 0) is 22.6 Å². The minimum Gasteiger partial charge on any atom is -0.237 e. The van der Waals surface area contributed by atoms with E-state index in [0.29, 0.717) is 41.8 Å². The van der Waals surface area contributed by atoms with Crippen LogP contribution >= 0.6 is 0 Å². The first-order chi connectivity index (χ1) is 13.7. The first kappa shape index (κ1) is 19.7. The molecule has 9 heteroatoms. The number of para-hydroxylation sites is 1. The highest BCUT2D eigenvalue weighted by molar-refractivity contribution is 7.89. The number of nitrogens with two attached hydrogens (primary N) is 1. The molecule has 4 rings (SSSR count). The normalized spacial score (nSPS) is 17.2. The van der Waals surface area contributed by atoms with Crippen molar-refractivity contribution in [3.05, 3.63) is 77.1 Å². The summed E-state index contributed by atoms with van der Waals surface area (Å²) in [6.45, 7) is 0. The maximum absolute atomic E-state index is 13.4. The monoisotopic (exact) mass is 421 g/mol. The van der Waals surface area contributed by atoms with Gasteiger partial charge in [-0.2, -0.15) is 18.3 Å². The van der Waals surface area contributed by atoms with Crippen molar-refractivity contribution in [2.45, 2.75) is 36.3 Å². The lowest BCUT2D eigenvalue weighted by Crippen LogP contribution is -2.20. The van der Waals surface area contributed by atoms with Crippen molar-refractivity contribution in [1.29, 1.82) is 0 Å². The van der Waals surface area contributed by atoms with Crippen LogP contribution in [0.25, 0.3) is 5.69 Å². The number of halogens is 3. The molecule has 1 aliphatic carbocycles. The molecule has 0 saturated heterocycles. The number of hydrogen-bond donors (Lipinski definition) is 1. The minimum absolute atomic E-state index is 0.0292. The van der Waals surface area contributed by atoms with Crippen LogP contribution in [0.3, 0.4) is 0 Å². The summed E-state index contributed by atoms with van der Waals surface area (Å²) in [5.74, 6) is -0.427. The largest absolute Gasteiger partial charge is 0.435 e. The average Bonchev–Trinajstić information content (AvgIpc) is 3.12. The van der Waals surface area contributed by atoms with E-state index in [2.05, 4.69) is 5.10 Å². The molecular weight excluding hydrogens is 403 g/mol. The predicted molar refractivity (Wildman–Crippen MR) is 101 cm³/mol. The molecule has 1 unspecified atom stereocenters. The van der Waals surface area contributed by atoms with E-state index in [1.54, 1.807) is 42.5 Å². The van der Waals surface area contributed by atoms with E-state index in [9.17, 15) is 21.6 Å². The lowest BCUT2D eigenvalue weighted by molar-refractivity contribution is -0.141. The van der Waals surface area contributed by atoms with Crippen LogP contribution in [0.4, 0.5) is 13.2 Å². The van der Waals surface area contributed by atoms with Gasteiger partial charge in [0, 0.05) is 5.92 Å². The third-order valence-corrected chi connectivity index (χ3v) is 6.15. The van der Waals surface area contributed by atoms with E-state index in [-0.39, 0.29) is 4.90 Å². The molecule has 2 aromatic carbocycles. The SMILES string of the molecule is NS(=O)(=O)c1cccc2c1CCCC2c1cc(C(F)(F)F)nn1-c1ccccc1. The van der Waals surface area contributed by atoms with Gasteiger partial charge in [0.2, 0.25) is 10.0 Å². The summed E-state index contributed by atoms with van der Waals surface area (Å²) in [6.07, 6.45) is -2.87. The summed E-state index contributed by atoms with van der Waals surface area (Å²) in [5, 5.41) is 9.17. The number of fused-ring (bicyclic) bond motifs is 1. The molecule has 1 atom stereocenters. The summed E-state index contributed by atoms with van der Waals surface area (Å²) in [6, 6.07) is 14.4. The second kappa shape index (κ2) is 7.00. The van der Waals surface area contributed by atoms with Gasteiger partial charge in [-0.3, -0.25) is 0 Å². The van der Waals surface area contributed by atoms with E-state index < -0.39 is 27.8 Å². The van der Waals surface area contributed by atoms with Gasteiger partial charge in [0.05, 0.1) is 16.3 Å². The molecule has 29 heavy (non-hydrogen) atoms. The molecule has 0 saturated carbocycles. The fourth-order valence-electron chi connectivity index (χ4n) is 3.95. The highest BCUT2D eigenvalue weighted by Crippen LogP contribution is 2.41. The Kier molecular flexibility index (Phi) is 4.74. The zero-order valence-corrected chi connectivity index (χ0v) is 16.0. The van der Waals surface area contributed by atoms with Crippen molar-refractivity contribution in [1.82, 2.24) is 9.78 Å². The molecule has 0 amide bonds. The van der Waals surface area contributed by atoms with Crippen molar-refractivity contribution < 1.29 is 21.6 Å². The number of rotatable bonds is 3. The van der Waals surface area contributed by atoms with E-state index in [1.807, 2.05) is 0 Å². The summed E-state index contributed by atoms with van der Waals surface area (Å²) < 4.78 is 65.5. The maximum atomic E-state index is 13.4. The van der Waals surface area contributed by atoms with Crippen LogP contribution < -0.4 is 5.14 Å². The molecule has 0 aliphatic heterocycles. The fourth-order valence-corrected chi connectivity index (χ4v) is 4.78. The van der Waals surface area contributed by atoms with Crippen LogP contribution in [0.2, 0.25) is 0 Å². The highest BCUT2D eigenvalue weighted by atomic mass is 32.2. The van der Waals surface area contributed by atoms with Crippen LogP contribution in [0.1, 0.15) is 41.3 Å². The molecule has 1 aromatic heterocycles. The molecule has 2 N–H and O–H groups in total. The number of aromatic nitrogens is 2. The van der Waals surface area contributed by atoms with Gasteiger partial charge in [-0.15, -0.1) is 0 Å². The Labute approximate surface area is 166 Å². The van der Waals surface area contributed by atoms with Crippen molar-refractivity contribution in [2.75, 3.05) is 0 Å². The number of primary sulfonamides is 1. The van der Waals surface area contributed by atoms with Gasteiger partial charge in [0.25, 0.3) is 0 Å². The van der Waals surface area contributed by atoms with Crippen LogP contribution in [0.15, 0.2) is 59.5 Å². The molecule has 1 aliphatic rings. The van der Waals surface area contributed by atoms with Crippen molar-refractivity contribution >= 4 is 10.0 Å². The Balaban J connectivity index is 1.92. The van der Waals surface area contributed by atoms with Crippen molar-refractivity contribution in [2.24, 2.45) is 5.14 Å². The molecule has 152 valence electrons. The molecule has 0 spiro atoms. The predicted octanol–water partition coefficient (Wildman–Crippen LogP) is 4.01. The lowest BCUT2D eigenvalue weighted by Gasteiger charge is -2.27. The van der Waals surface area contributed by atoms with Gasteiger partial charge in [-0.1, -0.05) is 30.3 Å². The van der Waals surface area contributed by atoms with E-state index in [0.717, 1.165) is 6.07 Å². The molecule has 5 nitrogen and oxygen atoms in total. The van der Waals surface area contributed by atoms with Crippen molar-refractivity contribution in [3.63, 3.8) is 0 Å². The molecule has 0 fully saturated rings. The van der Waals surface area contributed by atoms with Crippen LogP contribution in [-0.4, -0.2) is 18.2 Å². The third kappa shape index (κ3) is 3.67. The number of nitrogens with zero attached hydrogens (tertiary/aromatic N) is 2. The first-order valence-electron chi connectivity index (χ1n) is 9.03. The minimum atomic E-state index is -4.59. The lowest BCUT2D eigenvalue weighted by atomic mass is 9.81. The molecule has 0 bridgehead atoms. The Morgan fingerprint density at radius 2 is 1.79 bits per heavy atom. The van der Waals surface area contributed by atoms with Gasteiger partial charge < -0.3 is 0 Å². The standard InChI is InChI=1S/C20H18F3N3O2S/c21-20(22,23)19-12-17(26(25-19)13-6-2-1-3-7-13)15-9-4-10-16-14(15)8-5-11-18(16)29(24,27)28/h1-3,5-8,11-12,15H,4,9-10H2,(H2,24,27,28). The average molecular weight is 421 g/mol. The second-order valence-corrected chi connectivity index (χ2v) is 8.54. The summed E-state index contributed by atoms with van der Waals surface area (Å²) in [5.41, 5.74) is 1.14. The number of sulfonamides is 1. The van der Waals surface area contributed by atoms with E-state index in [1.165, 1.54) is 10.7 Å². The van der Waals surface area contributed by atoms with Crippen LogP contribution in [0.5, 0.6) is 0 Å². The Morgan fingerprint density at radius 3 is 2.45 bits per heavy atom. The van der Waals surface area contributed by atoms with Gasteiger partial charge in [0.15, 0.2) is 5.69 Å². The van der Waals surface area contributed by atoms with Crippen LogP contribution in [0, 0.1) is 0 Å². The van der Waals surface area contributed by atoms with E-state index >= 15 is 0 Å². The smallest absolute Gasteiger partial charge is 0.237 e. The quantitative estimate of drug-likeness (QED) is 0.694. The van der Waals surface area contributed by atoms with Crippen molar-refractivity contribution in [3.8, 4) is 5.69 Å². The zero-order chi connectivity index (χ0) is 20.8. The Morgan fingerprint density at radius 1 is 1.07 bits per heavy atom. The Bertz CT molecular complexity index is 1160. The van der Waals surface area contributed by atoms with Gasteiger partial charge in [-0.25, -0.2) is 18.2 Å². The molecule has 3 aromatic rings. The highest BCUT2D eigenvalue weighted by Gasteiger charge is 2.37. The second-order valence-electron chi connectivity index (χ2n) is 7.01. The number of benzene rings is 2. The number of hydrogen-bond acceptors (Lipinski definition) is 3. The zero-order valence-electron chi connectivity index (χ0n) is 15.2. The van der Waals surface area contributed by atoms with Gasteiger partial charge in [0.1, 0.15) is 0 Å². The fraction of sp³-hybridized carbons (Fsp3) is 0.250. The molecular formula is C20H18F3N3O2S. The number of alkyl halides is 3. The topological polar surface area (TPSA) is 78.0 Å². The van der Waals surface area contributed by atoms with E-state index in [4.69, 9.17) is 5.14 Å². The summed E-state index contributed by atoms with van der Waals surface area (Å²) in [7, 11) is -3.93.